The second-order valence-electron chi connectivity index (χ2n) is 2.60. The number of nitrogens with zero attached hydrogens (tertiary/aromatic N) is 1. The summed E-state index contributed by atoms with van der Waals surface area (Å²) in [4.78, 5) is 2.40. The van der Waals surface area contributed by atoms with E-state index in [2.05, 4.69) is 4.90 Å². The van der Waals surface area contributed by atoms with Gasteiger partial charge in [-0.1, -0.05) is 0 Å². The van der Waals surface area contributed by atoms with Crippen molar-refractivity contribution in [1.82, 2.24) is 4.90 Å². The van der Waals surface area contributed by atoms with Crippen LogP contribution in [0.5, 0.6) is 0 Å². The maximum atomic E-state index is 5.39. The predicted molar refractivity (Wildman–Crippen MR) is 48.2 cm³/mol. The van der Waals surface area contributed by atoms with Crippen LogP contribution in [0.3, 0.4) is 0 Å². The highest BCUT2D eigenvalue weighted by atomic mass is 35.5. The Morgan fingerprint density at radius 2 is 1.91 bits per heavy atom. The summed E-state index contributed by atoms with van der Waals surface area (Å²) in [5, 5.41) is 0. The normalized spacial score (nSPS) is 19.4. The molecule has 11 heavy (non-hydrogen) atoms. The van der Waals surface area contributed by atoms with Crippen LogP contribution in [0.25, 0.3) is 0 Å². The maximum absolute atomic E-state index is 5.39. The van der Waals surface area contributed by atoms with Crippen molar-refractivity contribution in [2.24, 2.45) is 5.73 Å². The molecule has 0 aromatic carbocycles. The minimum Gasteiger partial charge on any atom is -0.379 e. The van der Waals surface area contributed by atoms with Gasteiger partial charge in [-0.05, 0) is 19.5 Å². The summed E-state index contributed by atoms with van der Waals surface area (Å²) in [5.41, 5.74) is 5.39. The zero-order valence-corrected chi connectivity index (χ0v) is 7.61. The number of hydrogen-bond donors (Lipinski definition) is 1. The Hall–Kier alpha value is 0.170. The molecule has 1 aliphatic rings. The fourth-order valence-electron chi connectivity index (χ4n) is 1.14. The molecule has 1 fully saturated rings. The lowest BCUT2D eigenvalue weighted by Gasteiger charge is -2.26. The topological polar surface area (TPSA) is 38.5 Å². The summed E-state index contributed by atoms with van der Waals surface area (Å²) < 4.78 is 5.21. The maximum Gasteiger partial charge on any atom is 0.0594 e. The third-order valence-corrected chi connectivity index (χ3v) is 1.78. The molecule has 2 N–H and O–H groups in total. The highest BCUT2D eigenvalue weighted by molar-refractivity contribution is 5.85. The van der Waals surface area contributed by atoms with E-state index in [4.69, 9.17) is 10.5 Å². The van der Waals surface area contributed by atoms with E-state index in [9.17, 15) is 0 Å². The summed E-state index contributed by atoms with van der Waals surface area (Å²) in [5.74, 6) is 0. The zero-order chi connectivity index (χ0) is 7.23. The van der Waals surface area contributed by atoms with Gasteiger partial charge in [0.2, 0.25) is 0 Å². The van der Waals surface area contributed by atoms with Crippen molar-refractivity contribution in [3.05, 3.63) is 0 Å². The van der Waals surface area contributed by atoms with Crippen molar-refractivity contribution >= 4 is 12.4 Å². The molecule has 0 aromatic rings. The first kappa shape index (κ1) is 11.2. The van der Waals surface area contributed by atoms with Gasteiger partial charge in [-0.2, -0.15) is 0 Å². The monoisotopic (exact) mass is 180 g/mol. The van der Waals surface area contributed by atoms with E-state index in [1.165, 1.54) is 0 Å². The van der Waals surface area contributed by atoms with Gasteiger partial charge in [0.05, 0.1) is 13.2 Å². The van der Waals surface area contributed by atoms with Gasteiger partial charge in [-0.15, -0.1) is 12.4 Å². The molecule has 3 nitrogen and oxygen atoms in total. The summed E-state index contributed by atoms with van der Waals surface area (Å²) in [6.45, 7) is 5.90. The van der Waals surface area contributed by atoms with E-state index in [-0.39, 0.29) is 12.4 Å². The van der Waals surface area contributed by atoms with Crippen molar-refractivity contribution in [3.8, 4) is 0 Å². The molecule has 0 unspecified atom stereocenters. The predicted octanol–water partition coefficient (Wildman–Crippen LogP) is 0.0892. The van der Waals surface area contributed by atoms with Crippen molar-refractivity contribution < 1.29 is 4.74 Å². The highest BCUT2D eigenvalue weighted by Gasteiger charge is 2.07. The van der Waals surface area contributed by atoms with Crippen molar-refractivity contribution in [2.75, 3.05) is 39.4 Å². The molecule has 0 atom stereocenters. The molecule has 0 spiro atoms. The summed E-state index contributed by atoms with van der Waals surface area (Å²) in [6.07, 6.45) is 1.11. The molecule has 1 rings (SSSR count). The standard InChI is InChI=1S/C7H16N2O.ClH/c8-2-1-3-9-4-6-10-7-5-9;/h1-8H2;1H. The molecule has 1 aliphatic heterocycles. The van der Waals surface area contributed by atoms with Crippen LogP contribution in [-0.2, 0) is 4.74 Å². The fraction of sp³-hybridized carbons (Fsp3) is 1.00. The number of halogens is 1. The van der Waals surface area contributed by atoms with E-state index < -0.39 is 0 Å². The first-order valence-electron chi connectivity index (χ1n) is 3.93. The molecule has 68 valence electrons. The Morgan fingerprint density at radius 3 is 2.45 bits per heavy atom. The van der Waals surface area contributed by atoms with Crippen LogP contribution in [0, 0.1) is 0 Å². The summed E-state index contributed by atoms with van der Waals surface area (Å²) in [7, 11) is 0. The van der Waals surface area contributed by atoms with Crippen molar-refractivity contribution in [3.63, 3.8) is 0 Å². The number of morpholine rings is 1. The third kappa shape index (κ3) is 4.58. The van der Waals surface area contributed by atoms with Gasteiger partial charge in [0.1, 0.15) is 0 Å². The minimum atomic E-state index is 0. The van der Waals surface area contributed by atoms with Crippen LogP contribution in [-0.4, -0.2) is 44.3 Å². The number of rotatable bonds is 3. The van der Waals surface area contributed by atoms with E-state index in [1.807, 2.05) is 0 Å². The summed E-state index contributed by atoms with van der Waals surface area (Å²) >= 11 is 0. The van der Waals surface area contributed by atoms with E-state index >= 15 is 0 Å². The molecule has 4 heteroatoms. The number of hydrogen-bond acceptors (Lipinski definition) is 3. The molecule has 0 radical (unpaired) electrons. The smallest absolute Gasteiger partial charge is 0.0594 e. The quantitative estimate of drug-likeness (QED) is 0.669. The van der Waals surface area contributed by atoms with Crippen molar-refractivity contribution in [2.45, 2.75) is 6.42 Å². The molecule has 0 aromatic heterocycles. The largest absolute Gasteiger partial charge is 0.379 e. The van der Waals surface area contributed by atoms with Gasteiger partial charge < -0.3 is 10.5 Å². The minimum absolute atomic E-state index is 0. The lowest BCUT2D eigenvalue weighted by atomic mass is 10.3. The second-order valence-corrected chi connectivity index (χ2v) is 2.60. The number of nitrogens with two attached hydrogens (primary N) is 1. The second kappa shape index (κ2) is 6.85. The summed E-state index contributed by atoms with van der Waals surface area (Å²) in [6, 6.07) is 0. The number of ether oxygens (including phenoxy) is 1. The van der Waals surface area contributed by atoms with Crippen LogP contribution in [0.15, 0.2) is 0 Å². The average molecular weight is 181 g/mol. The van der Waals surface area contributed by atoms with Gasteiger partial charge in [-0.25, -0.2) is 0 Å². The fourth-order valence-corrected chi connectivity index (χ4v) is 1.14. The molecule has 0 bridgehead atoms. The molecule has 1 heterocycles. The lowest BCUT2D eigenvalue weighted by molar-refractivity contribution is 0.0377. The Labute approximate surface area is 74.3 Å². The lowest BCUT2D eigenvalue weighted by Crippen LogP contribution is -2.37. The Bertz CT molecular complexity index is 86.5. The van der Waals surface area contributed by atoms with Gasteiger partial charge in [-0.3, -0.25) is 4.90 Å². The van der Waals surface area contributed by atoms with Gasteiger partial charge in [0.15, 0.2) is 0 Å². The van der Waals surface area contributed by atoms with Crippen LogP contribution >= 0.6 is 12.4 Å². The third-order valence-electron chi connectivity index (χ3n) is 1.78. The van der Waals surface area contributed by atoms with Crippen LogP contribution < -0.4 is 5.73 Å². The van der Waals surface area contributed by atoms with Crippen LogP contribution in [0.2, 0.25) is 0 Å². The average Bonchev–Trinajstić information content (AvgIpc) is 2.03. The zero-order valence-electron chi connectivity index (χ0n) is 6.79. The first-order chi connectivity index (χ1) is 4.93. The Morgan fingerprint density at radius 1 is 1.27 bits per heavy atom. The molecule has 0 aliphatic carbocycles. The molecular weight excluding hydrogens is 164 g/mol. The Balaban J connectivity index is 0.000001000. The Kier molecular flexibility index (Phi) is 6.96. The van der Waals surface area contributed by atoms with E-state index in [1.54, 1.807) is 0 Å². The highest BCUT2D eigenvalue weighted by Crippen LogP contribution is 1.96. The molecule has 0 amide bonds. The van der Waals surface area contributed by atoms with Crippen molar-refractivity contribution in [1.29, 1.82) is 0 Å². The van der Waals surface area contributed by atoms with Crippen LogP contribution in [0.4, 0.5) is 0 Å². The van der Waals surface area contributed by atoms with Gasteiger partial charge >= 0.3 is 0 Å². The first-order valence-corrected chi connectivity index (χ1v) is 3.93. The van der Waals surface area contributed by atoms with E-state index in [0.717, 1.165) is 45.8 Å². The molecule has 0 saturated carbocycles. The van der Waals surface area contributed by atoms with Gasteiger partial charge in [0.25, 0.3) is 0 Å². The molecular formula is C7H17ClN2O. The SMILES string of the molecule is Cl.NCCCN1CCOCC1. The van der Waals surface area contributed by atoms with Crippen LogP contribution in [0.1, 0.15) is 6.42 Å². The molecule has 1 saturated heterocycles. The van der Waals surface area contributed by atoms with Gasteiger partial charge in [0, 0.05) is 13.1 Å². The van der Waals surface area contributed by atoms with E-state index in [0.29, 0.717) is 0 Å².